The monoisotopic (exact) mass is 371 g/mol. The van der Waals surface area contributed by atoms with E-state index in [-0.39, 0.29) is 5.56 Å². The van der Waals surface area contributed by atoms with Gasteiger partial charge < -0.3 is 14.5 Å². The molecular formula is C15H9ClF3N3O3. The zero-order valence-electron chi connectivity index (χ0n) is 12.3. The molecule has 0 aliphatic heterocycles. The molecule has 0 radical (unpaired) electrons. The third-order valence-corrected chi connectivity index (χ3v) is 3.79. The van der Waals surface area contributed by atoms with Gasteiger partial charge in [-0.05, 0) is 24.3 Å². The Bertz CT molecular complexity index is 1100. The number of benzene rings is 1. The van der Waals surface area contributed by atoms with Crippen LogP contribution in [-0.4, -0.2) is 20.3 Å². The molecule has 0 atom stereocenters. The lowest BCUT2D eigenvalue weighted by Gasteiger charge is -2.11. The maximum absolute atomic E-state index is 12.8. The van der Waals surface area contributed by atoms with Gasteiger partial charge in [0, 0.05) is 11.8 Å². The lowest BCUT2D eigenvalue weighted by atomic mass is 10.1. The van der Waals surface area contributed by atoms with Crippen molar-refractivity contribution in [1.29, 1.82) is 0 Å². The molecule has 0 unspecified atom stereocenters. The average Bonchev–Trinajstić information content (AvgIpc) is 2.89. The van der Waals surface area contributed by atoms with E-state index in [1.165, 1.54) is 18.2 Å². The molecule has 2 N–H and O–H groups in total. The summed E-state index contributed by atoms with van der Waals surface area (Å²) in [5, 5.41) is -0.631. The Morgan fingerprint density at radius 2 is 1.80 bits per heavy atom. The van der Waals surface area contributed by atoms with E-state index < -0.39 is 40.3 Å². The molecule has 0 saturated heterocycles. The van der Waals surface area contributed by atoms with Crippen LogP contribution in [0.2, 0.25) is 5.02 Å². The number of rotatable bonds is 3. The Labute approximate surface area is 141 Å². The smallest absolute Gasteiger partial charge is 0.306 e. The molecule has 25 heavy (non-hydrogen) atoms. The summed E-state index contributed by atoms with van der Waals surface area (Å²) in [6, 6.07) is 4.76. The number of fused-ring (bicyclic) bond motifs is 1. The van der Waals surface area contributed by atoms with Crippen LogP contribution < -0.4 is 11.2 Å². The van der Waals surface area contributed by atoms with Crippen molar-refractivity contribution >= 4 is 28.4 Å². The Morgan fingerprint density at radius 1 is 1.12 bits per heavy atom. The normalized spacial score (nSPS) is 11.8. The number of pyridine rings is 1. The maximum atomic E-state index is 12.8. The highest BCUT2D eigenvalue weighted by molar-refractivity contribution is 6.30. The van der Waals surface area contributed by atoms with Crippen molar-refractivity contribution in [3.05, 3.63) is 67.4 Å². The summed E-state index contributed by atoms with van der Waals surface area (Å²) in [6.45, 7) is -0.622. The van der Waals surface area contributed by atoms with Gasteiger partial charge in [-0.3, -0.25) is 9.59 Å². The van der Waals surface area contributed by atoms with Crippen LogP contribution in [0.1, 0.15) is 15.9 Å². The van der Waals surface area contributed by atoms with Gasteiger partial charge in [-0.2, -0.15) is 13.2 Å². The van der Waals surface area contributed by atoms with Gasteiger partial charge in [0.2, 0.25) is 0 Å². The fourth-order valence-corrected chi connectivity index (χ4v) is 2.55. The quantitative estimate of drug-likeness (QED) is 0.694. The number of nitrogens with zero attached hydrogens (tertiary/aromatic N) is 1. The Kier molecular flexibility index (Phi) is 4.03. The van der Waals surface area contributed by atoms with Crippen LogP contribution >= 0.6 is 11.6 Å². The number of halogens is 4. The number of hydrogen-bond acceptors (Lipinski definition) is 3. The van der Waals surface area contributed by atoms with Crippen LogP contribution in [-0.2, 0) is 12.7 Å². The minimum Gasteiger partial charge on any atom is -0.306 e. The van der Waals surface area contributed by atoms with Crippen LogP contribution in [0.25, 0.3) is 11.0 Å². The van der Waals surface area contributed by atoms with Crippen LogP contribution in [0.15, 0.2) is 40.1 Å². The number of Topliss-reactive ketones (excluding diaryl/α,β-unsaturated/α-hetero) is 1. The number of aromatic amines is 2. The number of H-pyrrole nitrogens is 2. The molecule has 6 nitrogen and oxygen atoms in total. The molecule has 10 heteroatoms. The van der Waals surface area contributed by atoms with Gasteiger partial charge in [-0.1, -0.05) is 11.6 Å². The van der Waals surface area contributed by atoms with Crippen LogP contribution in [0.4, 0.5) is 13.2 Å². The molecule has 130 valence electrons. The fourth-order valence-electron chi connectivity index (χ4n) is 2.32. The zero-order valence-corrected chi connectivity index (χ0v) is 13.0. The molecule has 1 aromatic carbocycles. The second-order valence-corrected chi connectivity index (χ2v) is 5.68. The van der Waals surface area contributed by atoms with Gasteiger partial charge in [0.15, 0.2) is 5.78 Å². The number of ketones is 1. The summed E-state index contributed by atoms with van der Waals surface area (Å²) in [5.41, 5.74) is -1.52. The van der Waals surface area contributed by atoms with Crippen molar-refractivity contribution in [1.82, 2.24) is 14.5 Å². The minimum atomic E-state index is -4.70. The number of carbonyl (C=O) groups is 1. The van der Waals surface area contributed by atoms with E-state index in [9.17, 15) is 27.6 Å². The van der Waals surface area contributed by atoms with E-state index in [1.54, 1.807) is 0 Å². The summed E-state index contributed by atoms with van der Waals surface area (Å²) < 4.78 is 39.1. The second kappa shape index (κ2) is 5.92. The number of imidazole rings is 1. The fraction of sp³-hybridized carbons (Fsp3) is 0.133. The lowest BCUT2D eigenvalue weighted by molar-refractivity contribution is -0.138. The number of nitrogens with one attached hydrogen (secondary N) is 2. The molecule has 0 bridgehead atoms. The number of hydrogen-bond donors (Lipinski definition) is 2. The molecule has 0 amide bonds. The number of aromatic nitrogens is 3. The predicted molar refractivity (Wildman–Crippen MR) is 84.0 cm³/mol. The SMILES string of the molecule is O=C(Cn1cc(C(F)(F)F)cc(Cl)c1=O)c1ccc2[nH]c(=O)[nH]c2c1. The first-order chi connectivity index (χ1) is 11.6. The van der Waals surface area contributed by atoms with Crippen molar-refractivity contribution < 1.29 is 18.0 Å². The summed E-state index contributed by atoms with van der Waals surface area (Å²) in [5.74, 6) is -0.610. The highest BCUT2D eigenvalue weighted by atomic mass is 35.5. The van der Waals surface area contributed by atoms with Crippen molar-refractivity contribution in [3.8, 4) is 0 Å². The molecule has 0 aliphatic rings. The molecule has 0 saturated carbocycles. The highest BCUT2D eigenvalue weighted by Crippen LogP contribution is 2.29. The number of alkyl halides is 3. The van der Waals surface area contributed by atoms with Gasteiger partial charge in [-0.25, -0.2) is 4.79 Å². The first kappa shape index (κ1) is 17.0. The van der Waals surface area contributed by atoms with E-state index >= 15 is 0 Å². The highest BCUT2D eigenvalue weighted by Gasteiger charge is 2.32. The van der Waals surface area contributed by atoms with E-state index in [4.69, 9.17) is 11.6 Å². The molecule has 3 aromatic rings. The van der Waals surface area contributed by atoms with Crippen LogP contribution in [0.5, 0.6) is 0 Å². The van der Waals surface area contributed by atoms with Gasteiger partial charge in [-0.15, -0.1) is 0 Å². The van der Waals surface area contributed by atoms with Gasteiger partial charge in [0.25, 0.3) is 5.56 Å². The van der Waals surface area contributed by atoms with Crippen LogP contribution in [0.3, 0.4) is 0 Å². The molecular weight excluding hydrogens is 363 g/mol. The van der Waals surface area contributed by atoms with E-state index in [2.05, 4.69) is 9.97 Å². The van der Waals surface area contributed by atoms with Crippen molar-refractivity contribution in [2.24, 2.45) is 0 Å². The summed E-state index contributed by atoms with van der Waals surface area (Å²) in [7, 11) is 0. The summed E-state index contributed by atoms with van der Waals surface area (Å²) in [6.07, 6.45) is -4.16. The minimum absolute atomic E-state index is 0.128. The first-order valence-electron chi connectivity index (χ1n) is 6.87. The molecule has 0 fully saturated rings. The number of carbonyl (C=O) groups excluding carboxylic acids is 1. The average molecular weight is 372 g/mol. The topological polar surface area (TPSA) is 87.7 Å². The Balaban J connectivity index is 1.97. The zero-order chi connectivity index (χ0) is 18.4. The van der Waals surface area contributed by atoms with E-state index in [1.807, 2.05) is 0 Å². The molecule has 2 aromatic heterocycles. The van der Waals surface area contributed by atoms with Crippen LogP contribution in [0, 0.1) is 0 Å². The van der Waals surface area contributed by atoms with E-state index in [0.29, 0.717) is 27.9 Å². The third-order valence-electron chi connectivity index (χ3n) is 3.52. The maximum Gasteiger partial charge on any atom is 0.417 e. The van der Waals surface area contributed by atoms with Crippen molar-refractivity contribution in [2.75, 3.05) is 0 Å². The van der Waals surface area contributed by atoms with Crippen molar-refractivity contribution in [2.45, 2.75) is 12.7 Å². The molecule has 3 rings (SSSR count). The largest absolute Gasteiger partial charge is 0.417 e. The van der Waals surface area contributed by atoms with Crippen molar-refractivity contribution in [3.63, 3.8) is 0 Å². The lowest BCUT2D eigenvalue weighted by Crippen LogP contribution is -2.26. The Morgan fingerprint density at radius 3 is 2.48 bits per heavy atom. The molecule has 0 spiro atoms. The predicted octanol–water partition coefficient (Wildman–Crippen LogP) is 2.57. The second-order valence-electron chi connectivity index (χ2n) is 5.27. The molecule has 2 heterocycles. The van der Waals surface area contributed by atoms with Gasteiger partial charge in [0.1, 0.15) is 5.02 Å². The Hall–Kier alpha value is -2.81. The first-order valence-corrected chi connectivity index (χ1v) is 7.25. The molecule has 0 aliphatic carbocycles. The van der Waals surface area contributed by atoms with Gasteiger partial charge in [0.05, 0.1) is 23.1 Å². The third kappa shape index (κ3) is 3.36. The van der Waals surface area contributed by atoms with Gasteiger partial charge >= 0.3 is 11.9 Å². The van der Waals surface area contributed by atoms with E-state index in [0.717, 1.165) is 0 Å². The standard InChI is InChI=1S/C15H9ClF3N3O3/c16-9-4-8(15(17,18)19)5-22(13(9)24)6-12(23)7-1-2-10-11(3-7)21-14(25)20-10/h1-5H,6H2,(H2,20,21,25). The summed E-state index contributed by atoms with van der Waals surface area (Å²) >= 11 is 5.55. The summed E-state index contributed by atoms with van der Waals surface area (Å²) in [4.78, 5) is 40.4.